The van der Waals surface area contributed by atoms with Crippen molar-refractivity contribution in [1.82, 2.24) is 15.1 Å². The first-order valence-electron chi connectivity index (χ1n) is 7.04. The average Bonchev–Trinajstić information content (AvgIpc) is 2.91. The predicted molar refractivity (Wildman–Crippen MR) is 72.7 cm³/mol. The van der Waals surface area contributed by atoms with Crippen molar-refractivity contribution in [3.8, 4) is 0 Å². The van der Waals surface area contributed by atoms with Gasteiger partial charge in [0.25, 0.3) is 5.91 Å². The summed E-state index contributed by atoms with van der Waals surface area (Å²) in [7, 11) is 0. The molecule has 1 amide bonds. The standard InChI is InChI=1S/C14H23N3O2/c1-10(2)9-13(18)11-4-7-17(8-5-11)14(19)12-3-6-15-16-12/h3,6,10-11,13,18H,4-5,7-9H2,1-2H3,(H,15,16)/t13-/m1/s1. The summed E-state index contributed by atoms with van der Waals surface area (Å²) in [5.74, 6) is 0.849. The summed E-state index contributed by atoms with van der Waals surface area (Å²) in [6.45, 7) is 5.69. The summed E-state index contributed by atoms with van der Waals surface area (Å²) >= 11 is 0. The van der Waals surface area contributed by atoms with Crippen LogP contribution in [-0.4, -0.2) is 45.3 Å². The molecule has 1 aliphatic rings. The number of aliphatic hydroxyl groups excluding tert-OH is 1. The Bertz CT molecular complexity index is 395. The van der Waals surface area contributed by atoms with Crippen LogP contribution in [0.25, 0.3) is 0 Å². The lowest BCUT2D eigenvalue weighted by atomic mass is 9.87. The molecule has 0 spiro atoms. The van der Waals surface area contributed by atoms with Gasteiger partial charge in [-0.1, -0.05) is 13.8 Å². The molecule has 0 aromatic carbocycles. The molecule has 0 saturated carbocycles. The van der Waals surface area contributed by atoms with E-state index in [0.717, 1.165) is 32.4 Å². The van der Waals surface area contributed by atoms with E-state index in [1.54, 1.807) is 12.3 Å². The molecule has 2 heterocycles. The number of likely N-dealkylation sites (tertiary alicyclic amines) is 1. The van der Waals surface area contributed by atoms with Crippen molar-refractivity contribution in [2.45, 2.75) is 39.2 Å². The molecular weight excluding hydrogens is 242 g/mol. The van der Waals surface area contributed by atoms with E-state index in [0.29, 0.717) is 17.5 Å². The first kappa shape index (κ1) is 14.1. The number of carbonyl (C=O) groups excluding carboxylic acids is 1. The normalized spacial score (nSPS) is 18.8. The molecule has 0 radical (unpaired) electrons. The third-order valence-corrected chi connectivity index (χ3v) is 3.82. The molecule has 0 bridgehead atoms. The molecule has 2 N–H and O–H groups in total. The van der Waals surface area contributed by atoms with Crippen LogP contribution in [0, 0.1) is 11.8 Å². The summed E-state index contributed by atoms with van der Waals surface area (Å²) in [5.41, 5.74) is 0.543. The number of piperidine rings is 1. The average molecular weight is 265 g/mol. The van der Waals surface area contributed by atoms with Crippen molar-refractivity contribution in [2.24, 2.45) is 11.8 Å². The molecular formula is C14H23N3O2. The van der Waals surface area contributed by atoms with Crippen LogP contribution < -0.4 is 0 Å². The molecule has 1 fully saturated rings. The Kier molecular flexibility index (Phi) is 4.58. The van der Waals surface area contributed by atoms with Gasteiger partial charge in [-0.3, -0.25) is 9.89 Å². The molecule has 0 unspecified atom stereocenters. The SMILES string of the molecule is CC(C)C[C@@H](O)C1CCN(C(=O)c2ccn[nH]2)CC1. The molecule has 5 heteroatoms. The molecule has 1 saturated heterocycles. The number of aromatic amines is 1. The number of aliphatic hydroxyl groups is 1. The Balaban J connectivity index is 1.84. The van der Waals surface area contributed by atoms with Gasteiger partial charge in [0.1, 0.15) is 5.69 Å². The highest BCUT2D eigenvalue weighted by molar-refractivity contribution is 5.92. The molecule has 19 heavy (non-hydrogen) atoms. The Morgan fingerprint density at radius 3 is 2.74 bits per heavy atom. The Hall–Kier alpha value is -1.36. The van der Waals surface area contributed by atoms with Gasteiger partial charge in [0.2, 0.25) is 0 Å². The van der Waals surface area contributed by atoms with Crippen LogP contribution in [0.4, 0.5) is 0 Å². The van der Waals surface area contributed by atoms with Gasteiger partial charge in [0.15, 0.2) is 0 Å². The lowest BCUT2D eigenvalue weighted by molar-refractivity contribution is 0.0382. The van der Waals surface area contributed by atoms with E-state index in [9.17, 15) is 9.90 Å². The fraction of sp³-hybridized carbons (Fsp3) is 0.714. The third-order valence-electron chi connectivity index (χ3n) is 3.82. The van der Waals surface area contributed by atoms with E-state index in [2.05, 4.69) is 24.0 Å². The van der Waals surface area contributed by atoms with Gasteiger partial charge in [0, 0.05) is 19.3 Å². The van der Waals surface area contributed by atoms with Crippen LogP contribution in [-0.2, 0) is 0 Å². The molecule has 1 aromatic rings. The minimum atomic E-state index is -0.232. The molecule has 0 aliphatic carbocycles. The molecule has 5 nitrogen and oxygen atoms in total. The van der Waals surface area contributed by atoms with Crippen molar-refractivity contribution < 1.29 is 9.90 Å². The first-order chi connectivity index (χ1) is 9.08. The Morgan fingerprint density at radius 2 is 2.21 bits per heavy atom. The van der Waals surface area contributed by atoms with Gasteiger partial charge in [-0.05, 0) is 37.2 Å². The second kappa shape index (κ2) is 6.19. The second-order valence-corrected chi connectivity index (χ2v) is 5.80. The van der Waals surface area contributed by atoms with E-state index in [1.165, 1.54) is 0 Å². The molecule has 1 aromatic heterocycles. The highest BCUT2D eigenvalue weighted by atomic mass is 16.3. The van der Waals surface area contributed by atoms with Crippen molar-refractivity contribution in [3.05, 3.63) is 18.0 Å². The third kappa shape index (κ3) is 3.56. The van der Waals surface area contributed by atoms with Crippen LogP contribution in [0.15, 0.2) is 12.3 Å². The first-order valence-corrected chi connectivity index (χ1v) is 7.04. The Labute approximate surface area is 114 Å². The predicted octanol–water partition coefficient (Wildman–Crippen LogP) is 1.67. The fourth-order valence-corrected chi connectivity index (χ4v) is 2.71. The van der Waals surface area contributed by atoms with Crippen molar-refractivity contribution in [2.75, 3.05) is 13.1 Å². The summed E-state index contributed by atoms with van der Waals surface area (Å²) in [6, 6.07) is 1.70. The number of nitrogens with zero attached hydrogens (tertiary/aromatic N) is 2. The number of carbonyl (C=O) groups is 1. The van der Waals surface area contributed by atoms with Crippen LogP contribution >= 0.6 is 0 Å². The molecule has 106 valence electrons. The highest BCUT2D eigenvalue weighted by Gasteiger charge is 2.28. The zero-order valence-corrected chi connectivity index (χ0v) is 11.7. The van der Waals surface area contributed by atoms with E-state index < -0.39 is 0 Å². The van der Waals surface area contributed by atoms with Gasteiger partial charge in [0.05, 0.1) is 6.10 Å². The fourth-order valence-electron chi connectivity index (χ4n) is 2.71. The Morgan fingerprint density at radius 1 is 1.53 bits per heavy atom. The zero-order valence-electron chi connectivity index (χ0n) is 11.7. The number of hydrogen-bond donors (Lipinski definition) is 2. The molecule has 2 rings (SSSR count). The van der Waals surface area contributed by atoms with Crippen molar-refractivity contribution in [3.63, 3.8) is 0 Å². The van der Waals surface area contributed by atoms with Crippen LogP contribution in [0.5, 0.6) is 0 Å². The van der Waals surface area contributed by atoms with Crippen LogP contribution in [0.3, 0.4) is 0 Å². The number of hydrogen-bond acceptors (Lipinski definition) is 3. The molecule has 1 atom stereocenters. The van der Waals surface area contributed by atoms with Gasteiger partial charge in [-0.25, -0.2) is 0 Å². The maximum absolute atomic E-state index is 12.1. The lowest BCUT2D eigenvalue weighted by Crippen LogP contribution is -2.41. The van der Waals surface area contributed by atoms with E-state index in [-0.39, 0.29) is 12.0 Å². The number of aromatic nitrogens is 2. The smallest absolute Gasteiger partial charge is 0.271 e. The van der Waals surface area contributed by atoms with Gasteiger partial charge in [-0.2, -0.15) is 5.10 Å². The van der Waals surface area contributed by atoms with E-state index >= 15 is 0 Å². The van der Waals surface area contributed by atoms with Gasteiger partial charge < -0.3 is 10.0 Å². The van der Waals surface area contributed by atoms with Crippen LogP contribution in [0.1, 0.15) is 43.6 Å². The summed E-state index contributed by atoms with van der Waals surface area (Å²) in [5, 5.41) is 16.6. The minimum absolute atomic E-state index is 0.00861. The van der Waals surface area contributed by atoms with E-state index in [4.69, 9.17) is 0 Å². The number of nitrogens with one attached hydrogen (secondary N) is 1. The topological polar surface area (TPSA) is 69.2 Å². The van der Waals surface area contributed by atoms with Crippen molar-refractivity contribution >= 4 is 5.91 Å². The van der Waals surface area contributed by atoms with E-state index in [1.807, 2.05) is 4.90 Å². The second-order valence-electron chi connectivity index (χ2n) is 5.80. The van der Waals surface area contributed by atoms with Crippen LogP contribution in [0.2, 0.25) is 0 Å². The van der Waals surface area contributed by atoms with Gasteiger partial charge >= 0.3 is 0 Å². The maximum atomic E-state index is 12.1. The number of amides is 1. The lowest BCUT2D eigenvalue weighted by Gasteiger charge is -2.34. The maximum Gasteiger partial charge on any atom is 0.271 e. The summed E-state index contributed by atoms with van der Waals surface area (Å²) in [6.07, 6.45) is 3.97. The highest BCUT2D eigenvalue weighted by Crippen LogP contribution is 2.25. The minimum Gasteiger partial charge on any atom is -0.393 e. The zero-order chi connectivity index (χ0) is 13.8. The van der Waals surface area contributed by atoms with Gasteiger partial charge in [-0.15, -0.1) is 0 Å². The number of rotatable bonds is 4. The van der Waals surface area contributed by atoms with Crippen molar-refractivity contribution in [1.29, 1.82) is 0 Å². The quantitative estimate of drug-likeness (QED) is 0.870. The largest absolute Gasteiger partial charge is 0.393 e. The summed E-state index contributed by atoms with van der Waals surface area (Å²) < 4.78 is 0. The summed E-state index contributed by atoms with van der Waals surface area (Å²) in [4.78, 5) is 13.9. The monoisotopic (exact) mass is 265 g/mol. The number of H-pyrrole nitrogens is 1. The molecule has 1 aliphatic heterocycles.